The van der Waals surface area contributed by atoms with E-state index in [0.717, 1.165) is 0 Å². The van der Waals surface area contributed by atoms with Gasteiger partial charge in [0.05, 0.1) is 28.4 Å². The van der Waals surface area contributed by atoms with Crippen molar-refractivity contribution in [3.8, 4) is 5.75 Å². The van der Waals surface area contributed by atoms with Crippen LogP contribution in [0.4, 0.5) is 26.3 Å². The van der Waals surface area contributed by atoms with E-state index in [0.29, 0.717) is 29.9 Å². The Balaban J connectivity index is 1.62. The van der Waals surface area contributed by atoms with Crippen LogP contribution in [0.3, 0.4) is 0 Å². The van der Waals surface area contributed by atoms with E-state index in [1.807, 2.05) is 0 Å². The molecule has 0 spiro atoms. The maximum atomic E-state index is 13.6. The molecule has 15 heteroatoms. The fourth-order valence-corrected chi connectivity index (χ4v) is 5.83. The lowest BCUT2D eigenvalue weighted by molar-refractivity contribution is -0.143. The monoisotopic (exact) mass is 658 g/mol. The number of hydrogen-bond acceptors (Lipinski definition) is 7. The first kappa shape index (κ1) is 33.8. The van der Waals surface area contributed by atoms with E-state index >= 15 is 0 Å². The Morgan fingerprint density at radius 3 is 2.16 bits per heavy atom. The minimum atomic E-state index is -5.08. The number of carbonyl (C=O) groups is 1. The van der Waals surface area contributed by atoms with Crippen LogP contribution in [0.15, 0.2) is 82.7 Å². The van der Waals surface area contributed by atoms with E-state index in [2.05, 4.69) is 10.3 Å². The number of benzene rings is 3. The van der Waals surface area contributed by atoms with Gasteiger partial charge < -0.3 is 19.9 Å². The van der Waals surface area contributed by atoms with Crippen LogP contribution in [0.25, 0.3) is 0 Å². The standard InChI is InChI=1S/C30H28F6N2O6S/c31-29(32,33)22-15-20(16-23(17-22)30(34,35)36)18-37-27(40)28(11-14-45(41,42)25-5-2-1-3-6-25)19-44-26(38-28)21-7-9-24(10-8-21)43-13-4-12-39/h1-3,5-10,15-17,39H,4,11-14,18-19H2,(H,37,40)/t28-/m1/s1. The predicted octanol–water partition coefficient (Wildman–Crippen LogP) is 5.18. The number of nitrogens with zero attached hydrogens (tertiary/aromatic N) is 1. The molecule has 1 aliphatic heterocycles. The largest absolute Gasteiger partial charge is 0.494 e. The molecule has 242 valence electrons. The number of alkyl halides is 6. The Morgan fingerprint density at radius 1 is 0.956 bits per heavy atom. The van der Waals surface area contributed by atoms with Gasteiger partial charge in [0, 0.05) is 25.1 Å². The number of rotatable bonds is 12. The third-order valence-corrected chi connectivity index (χ3v) is 8.58. The number of sulfone groups is 1. The number of carbonyl (C=O) groups excluding carboxylic acids is 1. The van der Waals surface area contributed by atoms with Gasteiger partial charge in [-0.25, -0.2) is 13.4 Å². The summed E-state index contributed by atoms with van der Waals surface area (Å²) in [6.07, 6.45) is -10.1. The second-order valence-corrected chi connectivity index (χ2v) is 12.3. The van der Waals surface area contributed by atoms with Crippen molar-refractivity contribution in [3.05, 3.63) is 95.1 Å². The lowest BCUT2D eigenvalue weighted by atomic mass is 9.97. The highest BCUT2D eigenvalue weighted by atomic mass is 32.2. The van der Waals surface area contributed by atoms with Crippen molar-refractivity contribution < 1.29 is 54.1 Å². The summed E-state index contributed by atoms with van der Waals surface area (Å²) in [5, 5.41) is 11.2. The van der Waals surface area contributed by atoms with Crippen molar-refractivity contribution in [2.75, 3.05) is 25.6 Å². The lowest BCUT2D eigenvalue weighted by Crippen LogP contribution is -2.47. The van der Waals surface area contributed by atoms with Crippen LogP contribution in [0.2, 0.25) is 0 Å². The zero-order valence-electron chi connectivity index (χ0n) is 23.5. The summed E-state index contributed by atoms with van der Waals surface area (Å²) in [6, 6.07) is 14.7. The second kappa shape index (κ2) is 13.5. The first-order chi connectivity index (χ1) is 21.1. The maximum absolute atomic E-state index is 13.6. The molecule has 1 aliphatic rings. The molecule has 8 nitrogen and oxygen atoms in total. The molecule has 0 aliphatic carbocycles. The van der Waals surface area contributed by atoms with Crippen molar-refractivity contribution in [3.63, 3.8) is 0 Å². The third kappa shape index (κ3) is 8.54. The molecule has 45 heavy (non-hydrogen) atoms. The number of hydrogen-bond donors (Lipinski definition) is 2. The molecule has 0 unspecified atom stereocenters. The van der Waals surface area contributed by atoms with Crippen molar-refractivity contribution in [2.45, 2.75) is 42.2 Å². The van der Waals surface area contributed by atoms with Crippen molar-refractivity contribution >= 4 is 21.6 Å². The van der Waals surface area contributed by atoms with Crippen molar-refractivity contribution in [1.29, 1.82) is 0 Å². The molecule has 1 amide bonds. The van der Waals surface area contributed by atoms with Gasteiger partial charge in [0.25, 0.3) is 5.91 Å². The molecule has 1 heterocycles. The van der Waals surface area contributed by atoms with E-state index in [1.165, 1.54) is 24.3 Å². The van der Waals surface area contributed by atoms with E-state index in [4.69, 9.17) is 14.6 Å². The number of ether oxygens (including phenoxy) is 2. The summed E-state index contributed by atoms with van der Waals surface area (Å²) in [4.78, 5) is 17.9. The van der Waals surface area contributed by atoms with Crippen molar-refractivity contribution in [1.82, 2.24) is 5.32 Å². The van der Waals surface area contributed by atoms with Crippen LogP contribution in [0.1, 0.15) is 35.1 Å². The van der Waals surface area contributed by atoms with Crippen LogP contribution in [0, 0.1) is 0 Å². The zero-order valence-corrected chi connectivity index (χ0v) is 24.3. The molecule has 0 saturated carbocycles. The van der Waals surface area contributed by atoms with Gasteiger partial charge in [-0.15, -0.1) is 0 Å². The fourth-order valence-electron chi connectivity index (χ4n) is 4.42. The molecule has 3 aromatic rings. The van der Waals surface area contributed by atoms with Crippen LogP contribution >= 0.6 is 0 Å². The van der Waals surface area contributed by atoms with Gasteiger partial charge in [0.1, 0.15) is 12.4 Å². The molecule has 0 bridgehead atoms. The third-order valence-electron chi connectivity index (χ3n) is 6.85. The molecule has 4 rings (SSSR count). The van der Waals surface area contributed by atoms with Gasteiger partial charge in [-0.2, -0.15) is 26.3 Å². The summed E-state index contributed by atoms with van der Waals surface area (Å²) in [5.41, 5.74) is -5.03. The first-order valence-electron chi connectivity index (χ1n) is 13.5. The number of aliphatic hydroxyl groups excluding tert-OH is 1. The molecule has 0 fully saturated rings. The summed E-state index contributed by atoms with van der Waals surface area (Å²) >= 11 is 0. The Morgan fingerprint density at radius 2 is 1.58 bits per heavy atom. The van der Waals surface area contributed by atoms with Crippen LogP contribution in [-0.2, 0) is 38.3 Å². The summed E-state index contributed by atoms with van der Waals surface area (Å²) in [6.45, 7) is -0.958. The fraction of sp³-hybridized carbons (Fsp3) is 0.333. The van der Waals surface area contributed by atoms with Crippen LogP contribution < -0.4 is 10.1 Å². The SMILES string of the molecule is O=C(NCc1cc(C(F)(F)F)cc(C(F)(F)F)c1)[C@@]1(CCS(=O)(=O)c2ccccc2)COC(c2ccc(OCCCO)cc2)=N1. The summed E-state index contributed by atoms with van der Waals surface area (Å²) in [7, 11) is -3.92. The summed E-state index contributed by atoms with van der Waals surface area (Å²) < 4.78 is 117. The lowest BCUT2D eigenvalue weighted by Gasteiger charge is -2.23. The topological polar surface area (TPSA) is 114 Å². The zero-order chi connectivity index (χ0) is 32.9. The minimum Gasteiger partial charge on any atom is -0.494 e. The molecule has 0 saturated heterocycles. The first-order valence-corrected chi connectivity index (χ1v) is 15.2. The molecular weight excluding hydrogens is 630 g/mol. The van der Waals surface area contributed by atoms with Gasteiger partial charge in [0.2, 0.25) is 5.90 Å². The Kier molecular flexibility index (Phi) is 10.1. The normalized spacial score (nSPS) is 17.0. The molecule has 0 radical (unpaired) electrons. The van der Waals surface area contributed by atoms with Crippen molar-refractivity contribution in [2.24, 2.45) is 4.99 Å². The Labute approximate surface area is 254 Å². The van der Waals surface area contributed by atoms with Gasteiger partial charge >= 0.3 is 12.4 Å². The molecule has 2 N–H and O–H groups in total. The Bertz CT molecular complexity index is 1600. The number of halogens is 6. The predicted molar refractivity (Wildman–Crippen MR) is 150 cm³/mol. The second-order valence-electron chi connectivity index (χ2n) is 10.2. The average molecular weight is 659 g/mol. The number of aliphatic hydroxyl groups is 1. The highest BCUT2D eigenvalue weighted by Crippen LogP contribution is 2.36. The highest BCUT2D eigenvalue weighted by Gasteiger charge is 2.45. The van der Waals surface area contributed by atoms with Crippen LogP contribution in [-0.4, -0.2) is 56.4 Å². The quantitative estimate of drug-likeness (QED) is 0.205. The molecule has 1 atom stereocenters. The van der Waals surface area contributed by atoms with Gasteiger partial charge in [-0.05, 0) is 66.6 Å². The van der Waals surface area contributed by atoms with E-state index in [1.54, 1.807) is 30.3 Å². The van der Waals surface area contributed by atoms with Gasteiger partial charge in [-0.3, -0.25) is 4.79 Å². The van der Waals surface area contributed by atoms with E-state index in [9.17, 15) is 39.6 Å². The maximum Gasteiger partial charge on any atom is 0.416 e. The Hall–Kier alpha value is -4.11. The number of aliphatic imine (C=N–C) groups is 1. The minimum absolute atomic E-state index is 0.0101. The smallest absolute Gasteiger partial charge is 0.416 e. The molecular formula is C30H28F6N2O6S. The summed E-state index contributed by atoms with van der Waals surface area (Å²) in [5.74, 6) is -1.06. The number of amides is 1. The average Bonchev–Trinajstić information content (AvgIpc) is 3.45. The van der Waals surface area contributed by atoms with Gasteiger partial charge in [0.15, 0.2) is 15.4 Å². The highest BCUT2D eigenvalue weighted by molar-refractivity contribution is 7.91. The molecule has 3 aromatic carbocycles. The molecule has 0 aromatic heterocycles. The van der Waals surface area contributed by atoms with E-state index < -0.39 is 75.7 Å². The van der Waals surface area contributed by atoms with Crippen LogP contribution in [0.5, 0.6) is 5.75 Å². The van der Waals surface area contributed by atoms with Gasteiger partial charge in [-0.1, -0.05) is 18.2 Å². The number of nitrogens with one attached hydrogen (secondary N) is 1. The van der Waals surface area contributed by atoms with E-state index in [-0.39, 0.29) is 30.1 Å².